The lowest BCUT2D eigenvalue weighted by molar-refractivity contribution is -0.139. The molecule has 1 aliphatic carbocycles. The van der Waals surface area contributed by atoms with E-state index < -0.39 is 21.8 Å². The van der Waals surface area contributed by atoms with E-state index in [9.17, 15) is 18.0 Å². The molecule has 8 heteroatoms. The average Bonchev–Trinajstić information content (AvgIpc) is 3.25. The minimum Gasteiger partial charge on any atom is -0.346 e. The monoisotopic (exact) mass is 365 g/mol. The van der Waals surface area contributed by atoms with E-state index in [0.717, 1.165) is 24.8 Å². The summed E-state index contributed by atoms with van der Waals surface area (Å²) in [5, 5.41) is 5.18. The van der Waals surface area contributed by atoms with Gasteiger partial charge >= 0.3 is 11.8 Å². The van der Waals surface area contributed by atoms with E-state index in [0.29, 0.717) is 13.0 Å². The van der Waals surface area contributed by atoms with E-state index in [4.69, 9.17) is 0 Å². The van der Waals surface area contributed by atoms with Crippen LogP contribution in [0, 0.1) is 6.92 Å². The molecule has 0 spiro atoms. The van der Waals surface area contributed by atoms with Crippen LogP contribution in [0.25, 0.3) is 0 Å². The molecule has 0 radical (unpaired) electrons. The minimum absolute atomic E-state index is 0.114. The number of amides is 2. The number of hydrogen-bond acceptors (Lipinski definition) is 4. The minimum atomic E-state index is -3.60. The number of sulfonamides is 1. The van der Waals surface area contributed by atoms with Gasteiger partial charge in [-0.1, -0.05) is 17.7 Å². The summed E-state index contributed by atoms with van der Waals surface area (Å²) in [6.07, 6.45) is 3.21. The van der Waals surface area contributed by atoms with Gasteiger partial charge in [-0.05, 0) is 44.7 Å². The van der Waals surface area contributed by atoms with Crippen LogP contribution >= 0.6 is 0 Å². The van der Waals surface area contributed by atoms with Crippen molar-refractivity contribution in [3.05, 3.63) is 29.8 Å². The Hall–Kier alpha value is -1.93. The maximum absolute atomic E-state index is 12.8. The van der Waals surface area contributed by atoms with Gasteiger partial charge in [-0.25, -0.2) is 8.42 Å². The fourth-order valence-electron chi connectivity index (χ4n) is 2.94. The van der Waals surface area contributed by atoms with E-state index in [1.54, 1.807) is 24.3 Å². The second-order valence-corrected chi connectivity index (χ2v) is 8.57. The average molecular weight is 365 g/mol. The largest absolute Gasteiger partial charge is 0.346 e. The van der Waals surface area contributed by atoms with E-state index >= 15 is 0 Å². The van der Waals surface area contributed by atoms with Gasteiger partial charge in [-0.2, -0.15) is 4.31 Å². The van der Waals surface area contributed by atoms with Crippen molar-refractivity contribution in [2.24, 2.45) is 0 Å². The molecule has 0 unspecified atom stereocenters. The molecule has 2 N–H and O–H groups in total. The number of nitrogens with zero attached hydrogens (tertiary/aromatic N) is 1. The molecule has 0 bridgehead atoms. The SMILES string of the molecule is Cc1ccc(S(=O)(=O)N2CCC[C@@H]2CNC(=O)C(=O)NC2CC2)cc1. The highest BCUT2D eigenvalue weighted by Crippen LogP contribution is 2.26. The van der Waals surface area contributed by atoms with Crippen molar-refractivity contribution in [3.8, 4) is 0 Å². The number of rotatable bonds is 5. The lowest BCUT2D eigenvalue weighted by atomic mass is 10.2. The van der Waals surface area contributed by atoms with Crippen molar-refractivity contribution in [2.45, 2.75) is 49.6 Å². The van der Waals surface area contributed by atoms with Crippen molar-refractivity contribution < 1.29 is 18.0 Å². The molecule has 2 aliphatic rings. The van der Waals surface area contributed by atoms with Gasteiger partial charge < -0.3 is 10.6 Å². The highest BCUT2D eigenvalue weighted by atomic mass is 32.2. The van der Waals surface area contributed by atoms with Gasteiger partial charge in [0.05, 0.1) is 4.90 Å². The van der Waals surface area contributed by atoms with Crippen molar-refractivity contribution in [3.63, 3.8) is 0 Å². The molecule has 1 aromatic carbocycles. The molecule has 1 aliphatic heterocycles. The van der Waals surface area contributed by atoms with Gasteiger partial charge in [0.1, 0.15) is 0 Å². The van der Waals surface area contributed by atoms with Crippen molar-refractivity contribution in [1.82, 2.24) is 14.9 Å². The lowest BCUT2D eigenvalue weighted by Gasteiger charge is -2.24. The molecule has 136 valence electrons. The quantitative estimate of drug-likeness (QED) is 0.745. The van der Waals surface area contributed by atoms with Crippen molar-refractivity contribution in [2.75, 3.05) is 13.1 Å². The van der Waals surface area contributed by atoms with E-state index in [-0.39, 0.29) is 23.5 Å². The molecular weight excluding hydrogens is 342 g/mol. The molecule has 7 nitrogen and oxygen atoms in total. The molecule has 1 aromatic rings. The standard InChI is InChI=1S/C17H23N3O4S/c1-12-4-8-15(9-5-12)25(23,24)20-10-2-3-14(20)11-18-16(21)17(22)19-13-6-7-13/h4-5,8-9,13-14H,2-3,6-7,10-11H2,1H3,(H,18,21)(H,19,22)/t14-/m1/s1. The first-order valence-corrected chi connectivity index (χ1v) is 9.99. The van der Waals surface area contributed by atoms with Gasteiger partial charge in [0.25, 0.3) is 0 Å². The summed E-state index contributed by atoms with van der Waals surface area (Å²) in [6.45, 7) is 2.46. The predicted octanol–water partition coefficient (Wildman–Crippen LogP) is 0.543. The van der Waals surface area contributed by atoms with Gasteiger partial charge in [0.2, 0.25) is 10.0 Å². The van der Waals surface area contributed by atoms with Crippen molar-refractivity contribution in [1.29, 1.82) is 0 Å². The number of carbonyl (C=O) groups is 2. The topological polar surface area (TPSA) is 95.6 Å². The van der Waals surface area contributed by atoms with Crippen LogP contribution < -0.4 is 10.6 Å². The highest BCUT2D eigenvalue weighted by molar-refractivity contribution is 7.89. The second-order valence-electron chi connectivity index (χ2n) is 6.68. The number of benzene rings is 1. The summed E-state index contributed by atoms with van der Waals surface area (Å²) in [4.78, 5) is 23.8. The zero-order valence-corrected chi connectivity index (χ0v) is 15.0. The van der Waals surface area contributed by atoms with Crippen molar-refractivity contribution >= 4 is 21.8 Å². The lowest BCUT2D eigenvalue weighted by Crippen LogP contribution is -2.47. The Morgan fingerprint density at radius 2 is 1.80 bits per heavy atom. The normalized spacial score (nSPS) is 21.1. The molecule has 25 heavy (non-hydrogen) atoms. The van der Waals surface area contributed by atoms with Crippen LogP contribution in [-0.2, 0) is 19.6 Å². The maximum atomic E-state index is 12.8. The number of aryl methyl sites for hydroxylation is 1. The smallest absolute Gasteiger partial charge is 0.309 e. The molecular formula is C17H23N3O4S. The zero-order chi connectivity index (χ0) is 18.0. The zero-order valence-electron chi connectivity index (χ0n) is 14.2. The Bertz CT molecular complexity index is 757. The number of carbonyl (C=O) groups excluding carboxylic acids is 2. The van der Waals surface area contributed by atoms with Gasteiger partial charge in [0.15, 0.2) is 0 Å². The molecule has 1 saturated carbocycles. The Kier molecular flexibility index (Phi) is 5.10. The number of nitrogens with one attached hydrogen (secondary N) is 2. The van der Waals surface area contributed by atoms with Gasteiger partial charge in [-0.15, -0.1) is 0 Å². The molecule has 1 heterocycles. The Labute approximate surface area is 147 Å². The summed E-state index contributed by atoms with van der Waals surface area (Å²) in [7, 11) is -3.60. The Balaban J connectivity index is 1.62. The predicted molar refractivity (Wildman–Crippen MR) is 92.3 cm³/mol. The first kappa shape index (κ1) is 17.9. The second kappa shape index (κ2) is 7.13. The fraction of sp³-hybridized carbons (Fsp3) is 0.529. The van der Waals surface area contributed by atoms with Crippen LogP contribution in [0.1, 0.15) is 31.2 Å². The molecule has 2 fully saturated rings. The summed E-state index contributed by atoms with van der Waals surface area (Å²) in [5.41, 5.74) is 0.992. The van der Waals surface area contributed by atoms with Gasteiger partial charge in [-0.3, -0.25) is 9.59 Å². The van der Waals surface area contributed by atoms with Crippen LogP contribution in [0.3, 0.4) is 0 Å². The Morgan fingerprint density at radius 3 is 2.44 bits per heavy atom. The van der Waals surface area contributed by atoms with Crippen LogP contribution in [0.5, 0.6) is 0 Å². The van der Waals surface area contributed by atoms with E-state index in [1.165, 1.54) is 4.31 Å². The van der Waals surface area contributed by atoms with Crippen LogP contribution in [0.15, 0.2) is 29.2 Å². The summed E-state index contributed by atoms with van der Waals surface area (Å²) in [5.74, 6) is -1.35. The summed E-state index contributed by atoms with van der Waals surface area (Å²) in [6, 6.07) is 6.51. The van der Waals surface area contributed by atoms with E-state index in [2.05, 4.69) is 10.6 Å². The maximum Gasteiger partial charge on any atom is 0.309 e. The Morgan fingerprint density at radius 1 is 1.12 bits per heavy atom. The highest BCUT2D eigenvalue weighted by Gasteiger charge is 2.36. The first-order chi connectivity index (χ1) is 11.9. The van der Waals surface area contributed by atoms with Crippen LogP contribution in [-0.4, -0.2) is 49.7 Å². The summed E-state index contributed by atoms with van der Waals surface area (Å²) >= 11 is 0. The molecule has 1 saturated heterocycles. The first-order valence-electron chi connectivity index (χ1n) is 8.55. The molecule has 0 aromatic heterocycles. The summed E-state index contributed by atoms with van der Waals surface area (Å²) < 4.78 is 27.1. The third-order valence-corrected chi connectivity index (χ3v) is 6.53. The molecule has 2 amide bonds. The van der Waals surface area contributed by atoms with Crippen LogP contribution in [0.4, 0.5) is 0 Å². The van der Waals surface area contributed by atoms with Gasteiger partial charge in [0, 0.05) is 25.2 Å². The molecule has 1 atom stereocenters. The third-order valence-electron chi connectivity index (χ3n) is 4.57. The third kappa shape index (κ3) is 4.19. The van der Waals surface area contributed by atoms with E-state index in [1.807, 2.05) is 6.92 Å². The molecule has 3 rings (SSSR count). The van der Waals surface area contributed by atoms with Crippen LogP contribution in [0.2, 0.25) is 0 Å². The number of hydrogen-bond donors (Lipinski definition) is 2. The fourth-order valence-corrected chi connectivity index (χ4v) is 4.64.